The highest BCUT2D eigenvalue weighted by Gasteiger charge is 2.34. The second-order valence-electron chi connectivity index (χ2n) is 9.66. The molecule has 204 valence electrons. The predicted molar refractivity (Wildman–Crippen MR) is 143 cm³/mol. The van der Waals surface area contributed by atoms with E-state index in [9.17, 15) is 24.3 Å². The molecule has 0 saturated carbocycles. The van der Waals surface area contributed by atoms with Gasteiger partial charge in [0, 0.05) is 12.6 Å². The Balaban J connectivity index is 1.17. The molecule has 0 radical (unpaired) electrons. The van der Waals surface area contributed by atoms with Crippen molar-refractivity contribution < 1.29 is 29.0 Å². The fourth-order valence-corrected chi connectivity index (χ4v) is 5.22. The molecule has 6 rings (SSSR count). The molecule has 2 aromatic rings. The minimum atomic E-state index is -0.982. The van der Waals surface area contributed by atoms with E-state index in [2.05, 4.69) is 31.4 Å². The molecule has 5 N–H and O–H groups in total. The zero-order valence-corrected chi connectivity index (χ0v) is 21.4. The van der Waals surface area contributed by atoms with Crippen LogP contribution in [0, 0.1) is 6.92 Å². The van der Waals surface area contributed by atoms with Crippen molar-refractivity contribution in [2.45, 2.75) is 32.4 Å². The van der Waals surface area contributed by atoms with Crippen LogP contribution in [0.2, 0.25) is 0 Å². The summed E-state index contributed by atoms with van der Waals surface area (Å²) in [5.74, 6) is -1.41. The molecule has 0 unspecified atom stereocenters. The summed E-state index contributed by atoms with van der Waals surface area (Å²) in [6, 6.07) is 8.22. The predicted octanol–water partition coefficient (Wildman–Crippen LogP) is 0.916. The Bertz CT molecular complexity index is 1580. The standard InChI is InChI=1S/C27H25N7O6/c1-13-15-5-6-18(17(15)4-3-16(13)26(38)39)32-25(37)21-9-20(33-27-29-12-30-34(21)27)24(36)28-10-14-2-7-22-19(8-14)31-23(35)11-40-22/h2-4,7-9,18,30H,5-6,10-12H2,1H3,(H,28,36)(H,31,35)(H,32,37)(H,38,39)/t18-/m0/s1. The number of nitrogens with one attached hydrogen (secondary N) is 4. The van der Waals surface area contributed by atoms with Crippen LogP contribution in [0.5, 0.6) is 5.75 Å². The average molecular weight is 544 g/mol. The fraction of sp³-hybridized carbons (Fsp3) is 0.259. The number of carboxylic acid groups (broad SMARTS) is 1. The second-order valence-corrected chi connectivity index (χ2v) is 9.66. The zero-order valence-electron chi connectivity index (χ0n) is 21.4. The lowest BCUT2D eigenvalue weighted by atomic mass is 9.98. The average Bonchev–Trinajstić information content (AvgIpc) is 3.58. The van der Waals surface area contributed by atoms with Crippen LogP contribution in [0.4, 0.5) is 5.69 Å². The summed E-state index contributed by atoms with van der Waals surface area (Å²) < 4.78 is 5.36. The summed E-state index contributed by atoms with van der Waals surface area (Å²) in [7, 11) is 0. The monoisotopic (exact) mass is 543 g/mol. The summed E-state index contributed by atoms with van der Waals surface area (Å²) in [5, 5.41) is 19.4. The van der Waals surface area contributed by atoms with E-state index in [1.807, 2.05) is 0 Å². The molecule has 0 spiro atoms. The number of fused-ring (bicyclic) bond motifs is 3. The molecule has 40 heavy (non-hydrogen) atoms. The first-order valence-electron chi connectivity index (χ1n) is 12.7. The first kappa shape index (κ1) is 25.2. The minimum Gasteiger partial charge on any atom is -0.482 e. The van der Waals surface area contributed by atoms with Crippen molar-refractivity contribution in [3.63, 3.8) is 0 Å². The maximum atomic E-state index is 13.4. The van der Waals surface area contributed by atoms with Crippen LogP contribution >= 0.6 is 0 Å². The van der Waals surface area contributed by atoms with Gasteiger partial charge in [-0.2, -0.15) is 0 Å². The van der Waals surface area contributed by atoms with Gasteiger partial charge in [0.15, 0.2) is 6.61 Å². The van der Waals surface area contributed by atoms with Crippen molar-refractivity contribution in [3.05, 3.63) is 69.9 Å². The van der Waals surface area contributed by atoms with Crippen LogP contribution in [0.1, 0.15) is 45.1 Å². The Hall–Kier alpha value is -5.04. The quantitative estimate of drug-likeness (QED) is 0.358. The number of amides is 3. The Morgan fingerprint density at radius 3 is 2.88 bits per heavy atom. The number of hydrogen-bond donors (Lipinski definition) is 5. The van der Waals surface area contributed by atoms with Gasteiger partial charge in [0.1, 0.15) is 23.8 Å². The van der Waals surface area contributed by atoms with E-state index in [0.29, 0.717) is 29.8 Å². The summed E-state index contributed by atoms with van der Waals surface area (Å²) in [6.45, 7) is 2.09. The van der Waals surface area contributed by atoms with E-state index in [4.69, 9.17) is 4.74 Å². The number of benzene rings is 2. The molecule has 3 aliphatic heterocycles. The normalized spacial score (nSPS) is 18.7. The zero-order chi connectivity index (χ0) is 28.0. The molecule has 13 heteroatoms. The molecule has 1 atom stereocenters. The minimum absolute atomic E-state index is 0.0206. The van der Waals surface area contributed by atoms with Gasteiger partial charge in [0.25, 0.3) is 17.7 Å². The first-order valence-corrected chi connectivity index (χ1v) is 12.7. The van der Waals surface area contributed by atoms with E-state index in [1.165, 1.54) is 11.1 Å². The van der Waals surface area contributed by atoms with Crippen LogP contribution in [0.3, 0.4) is 0 Å². The van der Waals surface area contributed by atoms with Gasteiger partial charge in [-0.25, -0.2) is 25.2 Å². The lowest BCUT2D eigenvalue weighted by molar-refractivity contribution is -0.120. The van der Waals surface area contributed by atoms with E-state index < -0.39 is 17.8 Å². The molecule has 0 fully saturated rings. The topological polar surface area (TPSA) is 174 Å². The third-order valence-electron chi connectivity index (χ3n) is 7.21. The highest BCUT2D eigenvalue weighted by molar-refractivity contribution is 6.46. The molecule has 0 bridgehead atoms. The Morgan fingerprint density at radius 2 is 2.05 bits per heavy atom. The van der Waals surface area contributed by atoms with Gasteiger partial charge in [-0.3, -0.25) is 14.4 Å². The molecule has 3 amide bonds. The SMILES string of the molecule is Cc1c(C(=O)O)ccc2c1CC[C@@H]2NC(=O)C1=CC(C(=O)NCc2ccc3c(c2)NC(=O)CO3)=NC2=NCNN12. The second kappa shape index (κ2) is 9.93. The molecular weight excluding hydrogens is 518 g/mol. The van der Waals surface area contributed by atoms with Crippen molar-refractivity contribution in [2.24, 2.45) is 9.98 Å². The lowest BCUT2D eigenvalue weighted by Gasteiger charge is -2.25. The third kappa shape index (κ3) is 4.56. The number of hydrogen-bond acceptors (Lipinski definition) is 9. The number of hydrazine groups is 1. The smallest absolute Gasteiger partial charge is 0.335 e. The van der Waals surface area contributed by atoms with Gasteiger partial charge >= 0.3 is 5.97 Å². The maximum Gasteiger partial charge on any atom is 0.335 e. The van der Waals surface area contributed by atoms with E-state index >= 15 is 0 Å². The Kier molecular flexibility index (Phi) is 6.27. The van der Waals surface area contributed by atoms with Crippen molar-refractivity contribution in [1.82, 2.24) is 21.1 Å². The number of anilines is 1. The van der Waals surface area contributed by atoms with Gasteiger partial charge < -0.3 is 25.8 Å². The van der Waals surface area contributed by atoms with Crippen LogP contribution < -0.4 is 26.1 Å². The number of aromatic carboxylic acids is 1. The molecule has 3 heterocycles. The number of aliphatic imine (C=N–C) groups is 2. The first-order chi connectivity index (χ1) is 19.3. The Morgan fingerprint density at radius 1 is 1.20 bits per heavy atom. The number of carbonyl (C=O) groups excluding carboxylic acids is 3. The third-order valence-corrected chi connectivity index (χ3v) is 7.21. The van der Waals surface area contributed by atoms with Crippen molar-refractivity contribution >= 4 is 41.0 Å². The summed E-state index contributed by atoms with van der Waals surface area (Å²) in [5.41, 5.74) is 7.18. The molecule has 4 aliphatic rings. The number of carbonyl (C=O) groups is 4. The highest BCUT2D eigenvalue weighted by atomic mass is 16.5. The van der Waals surface area contributed by atoms with Gasteiger partial charge in [-0.15, -0.1) is 0 Å². The largest absolute Gasteiger partial charge is 0.482 e. The van der Waals surface area contributed by atoms with Gasteiger partial charge in [0.2, 0.25) is 5.96 Å². The van der Waals surface area contributed by atoms with E-state index in [1.54, 1.807) is 37.3 Å². The Labute approximate surface area is 228 Å². The van der Waals surface area contributed by atoms with Crippen LogP contribution in [-0.4, -0.2) is 58.8 Å². The van der Waals surface area contributed by atoms with Crippen LogP contribution in [0.25, 0.3) is 0 Å². The van der Waals surface area contributed by atoms with E-state index in [-0.39, 0.29) is 54.7 Å². The van der Waals surface area contributed by atoms with Crippen molar-refractivity contribution in [2.75, 3.05) is 18.6 Å². The number of nitrogens with zero attached hydrogens (tertiary/aromatic N) is 3. The van der Waals surface area contributed by atoms with Crippen molar-refractivity contribution in [1.29, 1.82) is 0 Å². The number of rotatable bonds is 6. The van der Waals surface area contributed by atoms with Gasteiger partial charge in [0.05, 0.1) is 17.3 Å². The molecule has 2 aromatic carbocycles. The molecule has 0 aromatic heterocycles. The van der Waals surface area contributed by atoms with Gasteiger partial charge in [-0.1, -0.05) is 12.1 Å². The molecule has 0 saturated heterocycles. The number of guanidine groups is 1. The highest BCUT2D eigenvalue weighted by Crippen LogP contribution is 2.35. The summed E-state index contributed by atoms with van der Waals surface area (Å²) >= 11 is 0. The molecule has 13 nitrogen and oxygen atoms in total. The lowest BCUT2D eigenvalue weighted by Crippen LogP contribution is -2.46. The fourth-order valence-electron chi connectivity index (χ4n) is 5.22. The van der Waals surface area contributed by atoms with Crippen molar-refractivity contribution in [3.8, 4) is 5.75 Å². The summed E-state index contributed by atoms with van der Waals surface area (Å²) in [4.78, 5) is 58.1. The van der Waals surface area contributed by atoms with Crippen LogP contribution in [0.15, 0.2) is 52.1 Å². The number of carboxylic acids is 1. The molecular formula is C27H25N7O6. The van der Waals surface area contributed by atoms with E-state index in [0.717, 1.165) is 16.7 Å². The maximum absolute atomic E-state index is 13.4. The summed E-state index contributed by atoms with van der Waals surface area (Å²) in [6.07, 6.45) is 2.67. The number of ether oxygens (including phenoxy) is 1. The van der Waals surface area contributed by atoms with Gasteiger partial charge in [-0.05, 0) is 60.2 Å². The van der Waals surface area contributed by atoms with Crippen LogP contribution in [-0.2, 0) is 27.3 Å². The molecule has 1 aliphatic carbocycles.